The summed E-state index contributed by atoms with van der Waals surface area (Å²) < 4.78 is 0. The van der Waals surface area contributed by atoms with Gasteiger partial charge in [0.25, 0.3) is 0 Å². The smallest absolute Gasteiger partial charge is 0.222 e. The SMILES string of the molecule is CC(CO)N(C)C(=O)CCCC1CCCCC1. The van der Waals surface area contributed by atoms with Crippen molar-refractivity contribution in [2.75, 3.05) is 13.7 Å². The molecule has 1 unspecified atom stereocenters. The fourth-order valence-electron chi connectivity index (χ4n) is 2.56. The summed E-state index contributed by atoms with van der Waals surface area (Å²) in [5, 5.41) is 8.99. The van der Waals surface area contributed by atoms with Crippen molar-refractivity contribution >= 4 is 5.91 Å². The molecule has 0 aliphatic heterocycles. The van der Waals surface area contributed by atoms with Crippen LogP contribution in [0.15, 0.2) is 0 Å². The Bertz CT molecular complexity index is 224. The van der Waals surface area contributed by atoms with Crippen molar-refractivity contribution in [3.63, 3.8) is 0 Å². The molecule has 0 aromatic heterocycles. The van der Waals surface area contributed by atoms with Gasteiger partial charge in [0, 0.05) is 13.5 Å². The van der Waals surface area contributed by atoms with Crippen LogP contribution in [0.3, 0.4) is 0 Å². The lowest BCUT2D eigenvalue weighted by atomic mass is 9.86. The summed E-state index contributed by atoms with van der Waals surface area (Å²) in [6.45, 7) is 1.92. The third-order valence-corrected chi connectivity index (χ3v) is 4.05. The number of carbonyl (C=O) groups excluding carboxylic acids is 1. The molecule has 0 radical (unpaired) electrons. The van der Waals surface area contributed by atoms with E-state index in [1.54, 1.807) is 11.9 Å². The lowest BCUT2D eigenvalue weighted by Gasteiger charge is -2.24. The fourth-order valence-corrected chi connectivity index (χ4v) is 2.56. The van der Waals surface area contributed by atoms with E-state index in [2.05, 4.69) is 0 Å². The monoisotopic (exact) mass is 241 g/mol. The fraction of sp³-hybridized carbons (Fsp3) is 0.929. The van der Waals surface area contributed by atoms with E-state index in [1.165, 1.54) is 38.5 Å². The van der Waals surface area contributed by atoms with Crippen LogP contribution in [-0.2, 0) is 4.79 Å². The number of carbonyl (C=O) groups is 1. The number of rotatable bonds is 6. The predicted octanol–water partition coefficient (Wildman–Crippen LogP) is 2.58. The summed E-state index contributed by atoms with van der Waals surface area (Å²) in [5.41, 5.74) is 0. The Balaban J connectivity index is 2.14. The first-order valence-electron chi connectivity index (χ1n) is 7.01. The van der Waals surface area contributed by atoms with E-state index in [9.17, 15) is 4.79 Å². The normalized spacial score (nSPS) is 19.0. The van der Waals surface area contributed by atoms with E-state index in [0.717, 1.165) is 12.3 Å². The molecule has 1 N–H and O–H groups in total. The predicted molar refractivity (Wildman–Crippen MR) is 69.7 cm³/mol. The largest absolute Gasteiger partial charge is 0.394 e. The van der Waals surface area contributed by atoms with Crippen LogP contribution >= 0.6 is 0 Å². The van der Waals surface area contributed by atoms with Crippen molar-refractivity contribution in [1.82, 2.24) is 4.90 Å². The van der Waals surface area contributed by atoms with Gasteiger partial charge in [-0.25, -0.2) is 0 Å². The molecule has 1 saturated carbocycles. The Morgan fingerprint density at radius 2 is 2.00 bits per heavy atom. The molecule has 0 saturated heterocycles. The lowest BCUT2D eigenvalue weighted by Crippen LogP contribution is -2.37. The van der Waals surface area contributed by atoms with Crippen molar-refractivity contribution in [2.24, 2.45) is 5.92 Å². The number of nitrogens with zero attached hydrogens (tertiary/aromatic N) is 1. The van der Waals surface area contributed by atoms with Gasteiger partial charge in [-0.1, -0.05) is 32.1 Å². The molecule has 0 aromatic carbocycles. The molecule has 100 valence electrons. The van der Waals surface area contributed by atoms with Crippen LogP contribution < -0.4 is 0 Å². The number of hydrogen-bond acceptors (Lipinski definition) is 2. The molecule has 3 nitrogen and oxygen atoms in total. The molecule has 1 aliphatic carbocycles. The zero-order valence-electron chi connectivity index (χ0n) is 11.3. The van der Waals surface area contributed by atoms with Gasteiger partial charge in [0.05, 0.1) is 12.6 Å². The number of aliphatic hydroxyl groups is 1. The van der Waals surface area contributed by atoms with Crippen LogP contribution in [0.5, 0.6) is 0 Å². The highest BCUT2D eigenvalue weighted by Crippen LogP contribution is 2.27. The third kappa shape index (κ3) is 5.07. The first-order valence-corrected chi connectivity index (χ1v) is 7.01. The van der Waals surface area contributed by atoms with Crippen molar-refractivity contribution in [1.29, 1.82) is 0 Å². The Morgan fingerprint density at radius 1 is 1.35 bits per heavy atom. The zero-order chi connectivity index (χ0) is 12.7. The first kappa shape index (κ1) is 14.5. The van der Waals surface area contributed by atoms with E-state index in [4.69, 9.17) is 5.11 Å². The highest BCUT2D eigenvalue weighted by atomic mass is 16.3. The van der Waals surface area contributed by atoms with E-state index in [1.807, 2.05) is 6.92 Å². The first-order chi connectivity index (χ1) is 8.15. The Kier molecular flexibility index (Phi) is 6.56. The molecule has 1 amide bonds. The van der Waals surface area contributed by atoms with Crippen LogP contribution in [0.1, 0.15) is 58.3 Å². The zero-order valence-corrected chi connectivity index (χ0v) is 11.3. The van der Waals surface area contributed by atoms with Crippen molar-refractivity contribution in [2.45, 2.75) is 64.3 Å². The third-order valence-electron chi connectivity index (χ3n) is 4.05. The van der Waals surface area contributed by atoms with Crippen LogP contribution in [0.2, 0.25) is 0 Å². The molecule has 1 rings (SSSR count). The molecule has 3 heteroatoms. The highest BCUT2D eigenvalue weighted by molar-refractivity contribution is 5.76. The van der Waals surface area contributed by atoms with E-state index >= 15 is 0 Å². The van der Waals surface area contributed by atoms with Gasteiger partial charge in [-0.15, -0.1) is 0 Å². The lowest BCUT2D eigenvalue weighted by molar-refractivity contribution is -0.132. The molecule has 0 bridgehead atoms. The standard InChI is InChI=1S/C14H27NO2/c1-12(11-16)15(2)14(17)10-6-9-13-7-4-3-5-8-13/h12-13,16H,3-11H2,1-2H3. The van der Waals surface area contributed by atoms with Gasteiger partial charge < -0.3 is 10.0 Å². The second kappa shape index (κ2) is 7.70. The molecule has 1 fully saturated rings. The number of aliphatic hydroxyl groups excluding tert-OH is 1. The van der Waals surface area contributed by atoms with Crippen molar-refractivity contribution in [3.05, 3.63) is 0 Å². The average molecular weight is 241 g/mol. The van der Waals surface area contributed by atoms with Gasteiger partial charge in [0.15, 0.2) is 0 Å². The van der Waals surface area contributed by atoms with E-state index in [-0.39, 0.29) is 18.6 Å². The summed E-state index contributed by atoms with van der Waals surface area (Å²) >= 11 is 0. The minimum Gasteiger partial charge on any atom is -0.394 e. The van der Waals surface area contributed by atoms with Crippen LogP contribution in [0.25, 0.3) is 0 Å². The van der Waals surface area contributed by atoms with Crippen molar-refractivity contribution < 1.29 is 9.90 Å². The van der Waals surface area contributed by atoms with Gasteiger partial charge in [-0.05, 0) is 25.7 Å². The van der Waals surface area contributed by atoms with Crippen LogP contribution in [-0.4, -0.2) is 35.6 Å². The second-order valence-electron chi connectivity index (χ2n) is 5.43. The topological polar surface area (TPSA) is 40.5 Å². The minimum absolute atomic E-state index is 0.0465. The van der Waals surface area contributed by atoms with Gasteiger partial charge in [0.1, 0.15) is 0 Å². The molecule has 0 spiro atoms. The Hall–Kier alpha value is -0.570. The van der Waals surface area contributed by atoms with Crippen LogP contribution in [0, 0.1) is 5.92 Å². The Labute approximate surface area is 105 Å². The van der Waals surface area contributed by atoms with Crippen LogP contribution in [0.4, 0.5) is 0 Å². The quantitative estimate of drug-likeness (QED) is 0.776. The van der Waals surface area contributed by atoms with E-state index < -0.39 is 0 Å². The molecular formula is C14H27NO2. The summed E-state index contributed by atoms with van der Waals surface area (Å²) in [4.78, 5) is 13.5. The van der Waals surface area contributed by atoms with Gasteiger partial charge >= 0.3 is 0 Å². The maximum atomic E-state index is 11.8. The summed E-state index contributed by atoms with van der Waals surface area (Å²) in [6.07, 6.45) is 9.71. The summed E-state index contributed by atoms with van der Waals surface area (Å²) in [7, 11) is 1.78. The number of likely N-dealkylation sites (N-methyl/N-ethyl adjacent to an activating group) is 1. The minimum atomic E-state index is -0.0582. The van der Waals surface area contributed by atoms with E-state index in [0.29, 0.717) is 6.42 Å². The summed E-state index contributed by atoms with van der Waals surface area (Å²) in [6, 6.07) is -0.0582. The number of amides is 1. The molecule has 0 heterocycles. The maximum absolute atomic E-state index is 11.8. The highest BCUT2D eigenvalue weighted by Gasteiger charge is 2.16. The average Bonchev–Trinajstić information content (AvgIpc) is 2.38. The van der Waals surface area contributed by atoms with Crippen molar-refractivity contribution in [3.8, 4) is 0 Å². The second-order valence-corrected chi connectivity index (χ2v) is 5.43. The van der Waals surface area contributed by atoms with Gasteiger partial charge in [-0.2, -0.15) is 0 Å². The maximum Gasteiger partial charge on any atom is 0.222 e. The Morgan fingerprint density at radius 3 is 2.59 bits per heavy atom. The molecule has 1 aliphatic rings. The molecule has 1 atom stereocenters. The molecule has 17 heavy (non-hydrogen) atoms. The summed E-state index contributed by atoms with van der Waals surface area (Å²) in [5.74, 6) is 1.03. The van der Waals surface area contributed by atoms with Gasteiger partial charge in [0.2, 0.25) is 5.91 Å². The molecule has 0 aromatic rings. The number of hydrogen-bond donors (Lipinski definition) is 1. The van der Waals surface area contributed by atoms with Gasteiger partial charge in [-0.3, -0.25) is 4.79 Å². The molecular weight excluding hydrogens is 214 g/mol.